The van der Waals surface area contributed by atoms with Gasteiger partial charge in [0, 0.05) is 5.38 Å². The minimum Gasteiger partial charge on any atom is -0.378 e. The van der Waals surface area contributed by atoms with Crippen LogP contribution in [0.15, 0.2) is 23.6 Å². The van der Waals surface area contributed by atoms with Gasteiger partial charge in [-0.3, -0.25) is 0 Å². The molecule has 0 unspecified atom stereocenters. The second-order valence-electron chi connectivity index (χ2n) is 3.36. The van der Waals surface area contributed by atoms with Gasteiger partial charge in [0.05, 0.1) is 23.5 Å². The standard InChI is InChI=1S/C11H10N4S/c1-8-3-2-4-11(10(8)5-12)13-6-9-7-16-15-14-9/h2-4,7,13H,6H2,1H3. The molecule has 80 valence electrons. The van der Waals surface area contributed by atoms with Crippen LogP contribution in [0.4, 0.5) is 5.69 Å². The first kappa shape index (κ1) is 10.6. The Morgan fingerprint density at radius 2 is 2.38 bits per heavy atom. The predicted molar refractivity (Wildman–Crippen MR) is 63.1 cm³/mol. The Morgan fingerprint density at radius 3 is 3.06 bits per heavy atom. The van der Waals surface area contributed by atoms with Crippen LogP contribution in [-0.4, -0.2) is 9.59 Å². The number of nitrogens with zero attached hydrogens (tertiary/aromatic N) is 3. The molecule has 4 nitrogen and oxygen atoms in total. The third-order valence-corrected chi connectivity index (χ3v) is 2.80. The van der Waals surface area contributed by atoms with Crippen LogP contribution in [-0.2, 0) is 6.54 Å². The molecule has 5 heteroatoms. The molecule has 1 aromatic heterocycles. The number of rotatable bonds is 3. The monoisotopic (exact) mass is 230 g/mol. The third-order valence-electron chi connectivity index (χ3n) is 2.25. The highest BCUT2D eigenvalue weighted by Gasteiger charge is 2.04. The van der Waals surface area contributed by atoms with Crippen molar-refractivity contribution in [3.63, 3.8) is 0 Å². The predicted octanol–water partition coefficient (Wildman–Crippen LogP) is 2.33. The number of aryl methyl sites for hydroxylation is 1. The van der Waals surface area contributed by atoms with E-state index in [0.717, 1.165) is 16.9 Å². The van der Waals surface area contributed by atoms with Crippen molar-refractivity contribution in [3.05, 3.63) is 40.4 Å². The second-order valence-corrected chi connectivity index (χ2v) is 3.97. The average molecular weight is 230 g/mol. The average Bonchev–Trinajstić information content (AvgIpc) is 2.79. The van der Waals surface area contributed by atoms with Crippen LogP contribution in [0.5, 0.6) is 0 Å². The molecule has 0 saturated carbocycles. The molecule has 0 radical (unpaired) electrons. The van der Waals surface area contributed by atoms with E-state index < -0.39 is 0 Å². The highest BCUT2D eigenvalue weighted by molar-refractivity contribution is 7.03. The Hall–Kier alpha value is -1.93. The van der Waals surface area contributed by atoms with Crippen LogP contribution in [0, 0.1) is 18.3 Å². The molecule has 0 bridgehead atoms. The van der Waals surface area contributed by atoms with Gasteiger partial charge in [-0.25, -0.2) is 0 Å². The molecule has 2 aromatic rings. The Morgan fingerprint density at radius 1 is 1.50 bits per heavy atom. The van der Waals surface area contributed by atoms with Crippen molar-refractivity contribution >= 4 is 17.2 Å². The van der Waals surface area contributed by atoms with Crippen LogP contribution >= 0.6 is 11.5 Å². The summed E-state index contributed by atoms with van der Waals surface area (Å²) in [6, 6.07) is 7.95. The van der Waals surface area contributed by atoms with E-state index in [-0.39, 0.29) is 0 Å². The zero-order valence-corrected chi connectivity index (χ0v) is 9.58. The summed E-state index contributed by atoms with van der Waals surface area (Å²) in [4.78, 5) is 0. The fourth-order valence-corrected chi connectivity index (χ4v) is 1.86. The van der Waals surface area contributed by atoms with Crippen LogP contribution in [0.3, 0.4) is 0 Å². The molecular weight excluding hydrogens is 220 g/mol. The first-order valence-corrected chi connectivity index (χ1v) is 5.64. The lowest BCUT2D eigenvalue weighted by Crippen LogP contribution is -2.02. The number of benzene rings is 1. The van der Waals surface area contributed by atoms with Crippen LogP contribution < -0.4 is 5.32 Å². The summed E-state index contributed by atoms with van der Waals surface area (Å²) in [5, 5.41) is 18.0. The summed E-state index contributed by atoms with van der Waals surface area (Å²) >= 11 is 1.32. The lowest BCUT2D eigenvalue weighted by Gasteiger charge is -2.07. The number of hydrogen-bond donors (Lipinski definition) is 1. The summed E-state index contributed by atoms with van der Waals surface area (Å²) in [7, 11) is 0. The quantitative estimate of drug-likeness (QED) is 0.879. The first-order chi connectivity index (χ1) is 7.81. The maximum Gasteiger partial charge on any atom is 0.102 e. The summed E-state index contributed by atoms with van der Waals surface area (Å²) in [5.74, 6) is 0. The van der Waals surface area contributed by atoms with E-state index in [4.69, 9.17) is 5.26 Å². The van der Waals surface area contributed by atoms with Gasteiger partial charge in [0.25, 0.3) is 0 Å². The van der Waals surface area contributed by atoms with Crippen molar-refractivity contribution < 1.29 is 0 Å². The molecule has 2 rings (SSSR count). The molecule has 0 aliphatic heterocycles. The van der Waals surface area contributed by atoms with Gasteiger partial charge >= 0.3 is 0 Å². The largest absolute Gasteiger partial charge is 0.378 e. The molecular formula is C11H10N4S. The van der Waals surface area contributed by atoms with Crippen molar-refractivity contribution in [3.8, 4) is 6.07 Å². The highest BCUT2D eigenvalue weighted by atomic mass is 32.1. The first-order valence-electron chi connectivity index (χ1n) is 4.81. The molecule has 0 aliphatic carbocycles. The highest BCUT2D eigenvalue weighted by Crippen LogP contribution is 2.18. The maximum absolute atomic E-state index is 9.04. The summed E-state index contributed by atoms with van der Waals surface area (Å²) in [6.07, 6.45) is 0. The van der Waals surface area contributed by atoms with Crippen molar-refractivity contribution in [2.45, 2.75) is 13.5 Å². The molecule has 0 aliphatic rings. The zero-order chi connectivity index (χ0) is 11.4. The van der Waals surface area contributed by atoms with Gasteiger partial charge in [0.1, 0.15) is 6.07 Å². The molecule has 1 N–H and O–H groups in total. The van der Waals surface area contributed by atoms with Crippen LogP contribution in [0.25, 0.3) is 0 Å². The summed E-state index contributed by atoms with van der Waals surface area (Å²) < 4.78 is 3.78. The van der Waals surface area contributed by atoms with Gasteiger partial charge in [0.2, 0.25) is 0 Å². The number of hydrogen-bond acceptors (Lipinski definition) is 5. The fraction of sp³-hybridized carbons (Fsp3) is 0.182. The van der Waals surface area contributed by atoms with Gasteiger partial charge < -0.3 is 5.32 Å². The summed E-state index contributed by atoms with van der Waals surface area (Å²) in [5.41, 5.74) is 3.39. The molecule has 0 amide bonds. The number of nitrogens with one attached hydrogen (secondary N) is 1. The minimum atomic E-state index is 0.592. The Balaban J connectivity index is 2.16. The van der Waals surface area contributed by atoms with Gasteiger partial charge in [-0.15, -0.1) is 5.10 Å². The van der Waals surface area contributed by atoms with E-state index in [9.17, 15) is 0 Å². The fourth-order valence-electron chi connectivity index (χ4n) is 1.41. The van der Waals surface area contributed by atoms with E-state index in [1.807, 2.05) is 30.5 Å². The Labute approximate surface area is 97.7 Å². The molecule has 16 heavy (non-hydrogen) atoms. The minimum absolute atomic E-state index is 0.592. The third kappa shape index (κ3) is 2.18. The molecule has 1 aromatic carbocycles. The number of anilines is 1. The van der Waals surface area contributed by atoms with E-state index in [1.165, 1.54) is 11.5 Å². The van der Waals surface area contributed by atoms with E-state index in [0.29, 0.717) is 12.1 Å². The molecule has 1 heterocycles. The molecule has 0 atom stereocenters. The van der Waals surface area contributed by atoms with Crippen molar-refractivity contribution in [2.75, 3.05) is 5.32 Å². The lowest BCUT2D eigenvalue weighted by atomic mass is 10.1. The SMILES string of the molecule is Cc1cccc(NCc2csnn2)c1C#N. The smallest absolute Gasteiger partial charge is 0.102 e. The van der Waals surface area contributed by atoms with Crippen molar-refractivity contribution in [1.29, 1.82) is 5.26 Å². The topological polar surface area (TPSA) is 61.6 Å². The zero-order valence-electron chi connectivity index (χ0n) is 8.77. The molecule has 0 fully saturated rings. The maximum atomic E-state index is 9.04. The Bertz CT molecular complexity index is 513. The van der Waals surface area contributed by atoms with E-state index in [2.05, 4.69) is 21.0 Å². The summed E-state index contributed by atoms with van der Waals surface area (Å²) in [6.45, 7) is 2.52. The van der Waals surface area contributed by atoms with E-state index in [1.54, 1.807) is 0 Å². The van der Waals surface area contributed by atoms with Crippen molar-refractivity contribution in [2.24, 2.45) is 0 Å². The number of nitriles is 1. The molecule has 0 saturated heterocycles. The normalized spacial score (nSPS) is 9.75. The number of aromatic nitrogens is 2. The van der Waals surface area contributed by atoms with Gasteiger partial charge in [-0.1, -0.05) is 16.6 Å². The van der Waals surface area contributed by atoms with Gasteiger partial charge in [-0.2, -0.15) is 5.26 Å². The van der Waals surface area contributed by atoms with Gasteiger partial charge in [0.15, 0.2) is 0 Å². The van der Waals surface area contributed by atoms with Crippen LogP contribution in [0.1, 0.15) is 16.8 Å². The lowest BCUT2D eigenvalue weighted by molar-refractivity contribution is 0.997. The van der Waals surface area contributed by atoms with Crippen molar-refractivity contribution in [1.82, 2.24) is 9.59 Å². The van der Waals surface area contributed by atoms with Gasteiger partial charge in [-0.05, 0) is 30.1 Å². The Kier molecular flexibility index (Phi) is 3.13. The van der Waals surface area contributed by atoms with Crippen LogP contribution in [0.2, 0.25) is 0 Å². The van der Waals surface area contributed by atoms with E-state index >= 15 is 0 Å². The second kappa shape index (κ2) is 4.73. The molecule has 0 spiro atoms.